The van der Waals surface area contributed by atoms with E-state index < -0.39 is 0 Å². The zero-order chi connectivity index (χ0) is 17.5. The van der Waals surface area contributed by atoms with Gasteiger partial charge in [0.2, 0.25) is 5.91 Å². The van der Waals surface area contributed by atoms with Gasteiger partial charge in [0.25, 0.3) is 5.91 Å². The summed E-state index contributed by atoms with van der Waals surface area (Å²) in [4.78, 5) is 23.6. The van der Waals surface area contributed by atoms with E-state index in [1.165, 1.54) is 6.21 Å². The first-order valence-corrected chi connectivity index (χ1v) is 7.83. The molecular weight excluding hydrogens is 326 g/mol. The largest absolute Gasteiger partial charge is 0.326 e. The van der Waals surface area contributed by atoms with E-state index in [9.17, 15) is 9.59 Å². The summed E-state index contributed by atoms with van der Waals surface area (Å²) in [5.41, 5.74) is 4.37. The Labute approximate surface area is 145 Å². The zero-order valence-electron chi connectivity index (χ0n) is 13.4. The van der Waals surface area contributed by atoms with Crippen LogP contribution in [0.25, 0.3) is 0 Å². The number of nitrogens with one attached hydrogen (secondary N) is 2. The lowest BCUT2D eigenvalue weighted by Crippen LogP contribution is -2.19. The van der Waals surface area contributed by atoms with Gasteiger partial charge < -0.3 is 5.32 Å². The third-order valence-corrected chi connectivity index (χ3v) is 3.44. The van der Waals surface area contributed by atoms with Crippen molar-refractivity contribution in [2.24, 2.45) is 11.0 Å². The molecule has 0 aromatic heterocycles. The van der Waals surface area contributed by atoms with E-state index in [0.29, 0.717) is 16.3 Å². The van der Waals surface area contributed by atoms with Crippen LogP contribution in [0.15, 0.2) is 53.6 Å². The molecule has 5 nitrogen and oxygen atoms in total. The van der Waals surface area contributed by atoms with Crippen LogP contribution in [0.1, 0.15) is 29.8 Å². The number of carbonyl (C=O) groups excluding carboxylic acids is 2. The van der Waals surface area contributed by atoms with Gasteiger partial charge in [0.1, 0.15) is 0 Å². The van der Waals surface area contributed by atoms with Gasteiger partial charge in [0, 0.05) is 22.2 Å². The molecule has 0 aliphatic heterocycles. The smallest absolute Gasteiger partial charge is 0.271 e. The van der Waals surface area contributed by atoms with Crippen LogP contribution >= 0.6 is 11.6 Å². The second-order valence-corrected chi connectivity index (χ2v) is 5.91. The predicted molar refractivity (Wildman–Crippen MR) is 96.4 cm³/mol. The standard InChI is InChI=1S/C18H18ClN3O2/c1-12(2)17(23)21-16-9-5-14(6-10-16)18(24)22-20-11-13-3-7-15(19)8-4-13/h3-12H,1-2H3,(H,21,23)(H,22,24)/b20-11+. The maximum Gasteiger partial charge on any atom is 0.271 e. The number of amides is 2. The number of rotatable bonds is 5. The highest BCUT2D eigenvalue weighted by molar-refractivity contribution is 6.30. The lowest BCUT2D eigenvalue weighted by Gasteiger charge is -2.08. The highest BCUT2D eigenvalue weighted by Crippen LogP contribution is 2.11. The normalized spacial score (nSPS) is 10.8. The lowest BCUT2D eigenvalue weighted by molar-refractivity contribution is -0.118. The molecule has 0 aliphatic carbocycles. The third kappa shape index (κ3) is 5.21. The molecule has 0 fully saturated rings. The summed E-state index contributed by atoms with van der Waals surface area (Å²) in [5.74, 6) is -0.503. The monoisotopic (exact) mass is 343 g/mol. The average Bonchev–Trinajstić information content (AvgIpc) is 2.57. The summed E-state index contributed by atoms with van der Waals surface area (Å²) in [6.07, 6.45) is 1.53. The Kier molecular flexibility index (Phi) is 6.09. The van der Waals surface area contributed by atoms with Crippen LogP contribution < -0.4 is 10.7 Å². The van der Waals surface area contributed by atoms with E-state index >= 15 is 0 Å². The average molecular weight is 344 g/mol. The fourth-order valence-electron chi connectivity index (χ4n) is 1.77. The van der Waals surface area contributed by atoms with Crippen LogP contribution in [0.2, 0.25) is 5.02 Å². The van der Waals surface area contributed by atoms with Crippen molar-refractivity contribution in [1.82, 2.24) is 5.43 Å². The van der Waals surface area contributed by atoms with Crippen molar-refractivity contribution in [2.75, 3.05) is 5.32 Å². The molecule has 6 heteroatoms. The molecule has 2 aromatic carbocycles. The molecule has 0 saturated heterocycles. The van der Waals surface area contributed by atoms with E-state index in [1.807, 2.05) is 13.8 Å². The van der Waals surface area contributed by atoms with Gasteiger partial charge in [0.15, 0.2) is 0 Å². The summed E-state index contributed by atoms with van der Waals surface area (Å²) in [6, 6.07) is 13.7. The zero-order valence-corrected chi connectivity index (χ0v) is 14.2. The number of benzene rings is 2. The molecule has 0 radical (unpaired) electrons. The number of hydrogen-bond acceptors (Lipinski definition) is 3. The van der Waals surface area contributed by atoms with Crippen molar-refractivity contribution in [1.29, 1.82) is 0 Å². The summed E-state index contributed by atoms with van der Waals surface area (Å²) < 4.78 is 0. The van der Waals surface area contributed by atoms with Crippen molar-refractivity contribution >= 4 is 35.3 Å². The SMILES string of the molecule is CC(C)C(=O)Nc1ccc(C(=O)N/N=C/c2ccc(Cl)cc2)cc1. The molecule has 2 aromatic rings. The van der Waals surface area contributed by atoms with E-state index in [4.69, 9.17) is 11.6 Å². The van der Waals surface area contributed by atoms with Crippen LogP contribution in [-0.2, 0) is 4.79 Å². The number of anilines is 1. The fourth-order valence-corrected chi connectivity index (χ4v) is 1.90. The van der Waals surface area contributed by atoms with Crippen molar-refractivity contribution in [3.8, 4) is 0 Å². The van der Waals surface area contributed by atoms with Crippen LogP contribution in [0.4, 0.5) is 5.69 Å². The van der Waals surface area contributed by atoms with Crippen LogP contribution in [-0.4, -0.2) is 18.0 Å². The minimum absolute atomic E-state index is 0.0697. The van der Waals surface area contributed by atoms with E-state index in [2.05, 4.69) is 15.8 Å². The summed E-state index contributed by atoms with van der Waals surface area (Å²) in [6.45, 7) is 3.63. The first-order chi connectivity index (χ1) is 11.5. The van der Waals surface area contributed by atoms with Gasteiger partial charge >= 0.3 is 0 Å². The van der Waals surface area contributed by atoms with E-state index in [-0.39, 0.29) is 17.7 Å². The van der Waals surface area contributed by atoms with E-state index in [1.54, 1.807) is 48.5 Å². The van der Waals surface area contributed by atoms with Gasteiger partial charge in [0.05, 0.1) is 6.21 Å². The molecule has 0 unspecified atom stereocenters. The predicted octanol–water partition coefficient (Wildman–Crippen LogP) is 3.70. The topological polar surface area (TPSA) is 70.6 Å². The molecule has 2 rings (SSSR count). The molecule has 0 atom stereocenters. The van der Waals surface area contributed by atoms with Gasteiger partial charge in [-0.2, -0.15) is 5.10 Å². The number of hydrazone groups is 1. The third-order valence-electron chi connectivity index (χ3n) is 3.19. The number of nitrogens with zero attached hydrogens (tertiary/aromatic N) is 1. The first-order valence-electron chi connectivity index (χ1n) is 7.45. The highest BCUT2D eigenvalue weighted by Gasteiger charge is 2.08. The molecule has 0 saturated carbocycles. The van der Waals surface area contributed by atoms with Gasteiger partial charge in [-0.05, 0) is 42.0 Å². The lowest BCUT2D eigenvalue weighted by atomic mass is 10.1. The molecule has 2 N–H and O–H groups in total. The molecular formula is C18H18ClN3O2. The van der Waals surface area contributed by atoms with Crippen molar-refractivity contribution < 1.29 is 9.59 Å². The number of hydrogen-bond donors (Lipinski definition) is 2. The summed E-state index contributed by atoms with van der Waals surface area (Å²) in [5, 5.41) is 7.31. The molecule has 0 aliphatic rings. The van der Waals surface area contributed by atoms with Gasteiger partial charge in [-0.1, -0.05) is 37.6 Å². The first kappa shape index (κ1) is 17.7. The summed E-state index contributed by atoms with van der Waals surface area (Å²) in [7, 11) is 0. The highest BCUT2D eigenvalue weighted by atomic mass is 35.5. The molecule has 124 valence electrons. The second-order valence-electron chi connectivity index (χ2n) is 5.47. The maximum absolute atomic E-state index is 12.0. The minimum Gasteiger partial charge on any atom is -0.326 e. The van der Waals surface area contributed by atoms with Gasteiger partial charge in [-0.15, -0.1) is 0 Å². The Morgan fingerprint density at radius 2 is 1.67 bits per heavy atom. The quantitative estimate of drug-likeness (QED) is 0.642. The molecule has 24 heavy (non-hydrogen) atoms. The van der Waals surface area contributed by atoms with Crippen LogP contribution in [0.3, 0.4) is 0 Å². The Bertz CT molecular complexity index is 738. The molecule has 0 heterocycles. The van der Waals surface area contributed by atoms with E-state index in [0.717, 1.165) is 5.56 Å². The Hall–Kier alpha value is -2.66. The summed E-state index contributed by atoms with van der Waals surface area (Å²) >= 11 is 5.80. The maximum atomic E-state index is 12.0. The Morgan fingerprint density at radius 3 is 2.25 bits per heavy atom. The minimum atomic E-state index is -0.332. The molecule has 0 spiro atoms. The fraction of sp³-hybridized carbons (Fsp3) is 0.167. The number of halogens is 1. The van der Waals surface area contributed by atoms with Crippen LogP contribution in [0, 0.1) is 5.92 Å². The van der Waals surface area contributed by atoms with Crippen molar-refractivity contribution in [3.63, 3.8) is 0 Å². The second kappa shape index (κ2) is 8.26. The molecule has 0 bridgehead atoms. The Balaban J connectivity index is 1.92. The van der Waals surface area contributed by atoms with Crippen LogP contribution in [0.5, 0.6) is 0 Å². The van der Waals surface area contributed by atoms with Gasteiger partial charge in [-0.25, -0.2) is 5.43 Å². The molecule has 2 amide bonds. The van der Waals surface area contributed by atoms with Crippen molar-refractivity contribution in [2.45, 2.75) is 13.8 Å². The van der Waals surface area contributed by atoms with Crippen molar-refractivity contribution in [3.05, 3.63) is 64.7 Å². The Morgan fingerprint density at radius 1 is 1.04 bits per heavy atom. The van der Waals surface area contributed by atoms with Gasteiger partial charge in [-0.3, -0.25) is 9.59 Å². The number of carbonyl (C=O) groups is 2.